The fourth-order valence-electron chi connectivity index (χ4n) is 2.97. The van der Waals surface area contributed by atoms with Crippen molar-refractivity contribution in [3.05, 3.63) is 54.4 Å². The van der Waals surface area contributed by atoms with Crippen LogP contribution >= 0.6 is 0 Å². The maximum absolute atomic E-state index is 12.2. The maximum Gasteiger partial charge on any atom is 0.244 e. The first-order valence-corrected chi connectivity index (χ1v) is 7.60. The van der Waals surface area contributed by atoms with Gasteiger partial charge in [0, 0.05) is 25.5 Å². The first kappa shape index (κ1) is 13.9. The van der Waals surface area contributed by atoms with Gasteiger partial charge in [-0.25, -0.2) is 0 Å². The van der Waals surface area contributed by atoms with Crippen LogP contribution in [0.3, 0.4) is 0 Å². The van der Waals surface area contributed by atoms with Gasteiger partial charge in [-0.05, 0) is 36.8 Å². The lowest BCUT2D eigenvalue weighted by Gasteiger charge is -2.32. The van der Waals surface area contributed by atoms with Crippen molar-refractivity contribution in [2.75, 3.05) is 13.1 Å². The molecule has 1 aromatic heterocycles. The van der Waals surface area contributed by atoms with Crippen LogP contribution < -0.4 is 0 Å². The summed E-state index contributed by atoms with van der Waals surface area (Å²) >= 11 is 0. The minimum absolute atomic E-state index is 0.178. The van der Waals surface area contributed by atoms with Crippen LogP contribution in [0.25, 0.3) is 0 Å². The third-order valence-electron chi connectivity index (χ3n) is 4.19. The van der Waals surface area contributed by atoms with Crippen LogP contribution in [-0.4, -0.2) is 33.7 Å². The number of hydrogen-bond acceptors (Lipinski definition) is 2. The lowest BCUT2D eigenvalue weighted by molar-refractivity contribution is -0.133. The average Bonchev–Trinajstić information content (AvgIpc) is 3.02. The van der Waals surface area contributed by atoms with E-state index in [4.69, 9.17) is 0 Å². The molecule has 1 fully saturated rings. The van der Waals surface area contributed by atoms with Gasteiger partial charge in [-0.1, -0.05) is 30.3 Å². The molecule has 2 heterocycles. The van der Waals surface area contributed by atoms with Gasteiger partial charge < -0.3 is 4.90 Å². The van der Waals surface area contributed by atoms with Gasteiger partial charge >= 0.3 is 0 Å². The Kier molecular flexibility index (Phi) is 4.34. The van der Waals surface area contributed by atoms with Crippen molar-refractivity contribution in [2.45, 2.75) is 25.8 Å². The number of likely N-dealkylation sites (tertiary alicyclic amines) is 1. The molecule has 2 aromatic rings. The number of carbonyl (C=O) groups is 1. The number of piperidine rings is 1. The van der Waals surface area contributed by atoms with E-state index in [9.17, 15) is 4.79 Å². The van der Waals surface area contributed by atoms with E-state index in [2.05, 4.69) is 35.4 Å². The fourth-order valence-corrected chi connectivity index (χ4v) is 2.97. The molecule has 4 nitrogen and oxygen atoms in total. The molecule has 1 saturated heterocycles. The molecule has 1 amide bonds. The first-order valence-electron chi connectivity index (χ1n) is 7.60. The largest absolute Gasteiger partial charge is 0.341 e. The Balaban J connectivity index is 1.47. The molecule has 1 aromatic carbocycles. The van der Waals surface area contributed by atoms with E-state index in [1.807, 2.05) is 17.2 Å². The van der Waals surface area contributed by atoms with Crippen LogP contribution in [-0.2, 0) is 17.8 Å². The molecule has 0 radical (unpaired) electrons. The molecule has 3 rings (SSSR count). The summed E-state index contributed by atoms with van der Waals surface area (Å²) in [7, 11) is 0. The highest BCUT2D eigenvalue weighted by molar-refractivity contribution is 5.75. The molecule has 1 aliphatic rings. The summed E-state index contributed by atoms with van der Waals surface area (Å²) in [5.41, 5.74) is 1.40. The molecule has 1 aliphatic heterocycles. The van der Waals surface area contributed by atoms with Crippen molar-refractivity contribution >= 4 is 5.91 Å². The Labute approximate surface area is 125 Å². The lowest BCUT2D eigenvalue weighted by atomic mass is 9.90. The molecule has 4 heteroatoms. The van der Waals surface area contributed by atoms with E-state index in [-0.39, 0.29) is 5.91 Å². The SMILES string of the molecule is O=C(Cn1cccn1)N1CCC(Cc2ccccc2)CC1. The second-order valence-corrected chi connectivity index (χ2v) is 5.72. The number of carbonyl (C=O) groups excluding carboxylic acids is 1. The minimum Gasteiger partial charge on any atom is -0.341 e. The summed E-state index contributed by atoms with van der Waals surface area (Å²) in [5.74, 6) is 0.873. The van der Waals surface area contributed by atoms with E-state index in [1.165, 1.54) is 5.56 Å². The van der Waals surface area contributed by atoms with Gasteiger partial charge in [-0.3, -0.25) is 9.48 Å². The van der Waals surface area contributed by atoms with Crippen molar-refractivity contribution in [2.24, 2.45) is 5.92 Å². The number of benzene rings is 1. The molecule has 0 N–H and O–H groups in total. The predicted octanol–water partition coefficient (Wildman–Crippen LogP) is 2.36. The lowest BCUT2D eigenvalue weighted by Crippen LogP contribution is -2.40. The predicted molar refractivity (Wildman–Crippen MR) is 81.7 cm³/mol. The number of aromatic nitrogens is 2. The van der Waals surface area contributed by atoms with E-state index in [0.717, 1.165) is 32.4 Å². The Morgan fingerprint density at radius 3 is 2.57 bits per heavy atom. The average molecular weight is 283 g/mol. The quantitative estimate of drug-likeness (QED) is 0.864. The van der Waals surface area contributed by atoms with E-state index < -0.39 is 0 Å². The summed E-state index contributed by atoms with van der Waals surface area (Å²) in [6.07, 6.45) is 6.86. The molecule has 0 bridgehead atoms. The number of hydrogen-bond donors (Lipinski definition) is 0. The van der Waals surface area contributed by atoms with Gasteiger partial charge in [0.05, 0.1) is 0 Å². The molecule has 21 heavy (non-hydrogen) atoms. The Morgan fingerprint density at radius 1 is 1.14 bits per heavy atom. The zero-order valence-electron chi connectivity index (χ0n) is 12.2. The summed E-state index contributed by atoms with van der Waals surface area (Å²) < 4.78 is 1.69. The van der Waals surface area contributed by atoms with Gasteiger partial charge in [0.25, 0.3) is 0 Å². The van der Waals surface area contributed by atoms with Crippen LogP contribution in [0.5, 0.6) is 0 Å². The Morgan fingerprint density at radius 2 is 1.90 bits per heavy atom. The zero-order valence-corrected chi connectivity index (χ0v) is 12.2. The maximum atomic E-state index is 12.2. The summed E-state index contributed by atoms with van der Waals surface area (Å²) in [6.45, 7) is 2.10. The van der Waals surface area contributed by atoms with Crippen molar-refractivity contribution in [3.8, 4) is 0 Å². The zero-order chi connectivity index (χ0) is 14.5. The molecule has 0 atom stereocenters. The highest BCUT2D eigenvalue weighted by atomic mass is 16.2. The van der Waals surface area contributed by atoms with Gasteiger partial charge in [-0.2, -0.15) is 5.10 Å². The highest BCUT2D eigenvalue weighted by Crippen LogP contribution is 2.21. The van der Waals surface area contributed by atoms with Crippen molar-refractivity contribution in [1.82, 2.24) is 14.7 Å². The number of amides is 1. The van der Waals surface area contributed by atoms with Crippen LogP contribution in [0.15, 0.2) is 48.8 Å². The van der Waals surface area contributed by atoms with Crippen molar-refractivity contribution < 1.29 is 4.79 Å². The monoisotopic (exact) mass is 283 g/mol. The molecule has 0 spiro atoms. The van der Waals surface area contributed by atoms with Gasteiger partial charge in [0.1, 0.15) is 6.54 Å². The standard InChI is InChI=1S/C17H21N3O/c21-17(14-20-10-4-9-18-20)19-11-7-16(8-12-19)13-15-5-2-1-3-6-15/h1-6,9-10,16H,7-8,11-14H2. The summed E-state index contributed by atoms with van der Waals surface area (Å²) in [5, 5.41) is 4.09. The second-order valence-electron chi connectivity index (χ2n) is 5.72. The van der Waals surface area contributed by atoms with Crippen LogP contribution in [0, 0.1) is 5.92 Å². The molecule has 110 valence electrons. The highest BCUT2D eigenvalue weighted by Gasteiger charge is 2.22. The van der Waals surface area contributed by atoms with Crippen LogP contribution in [0.1, 0.15) is 18.4 Å². The number of nitrogens with zero attached hydrogens (tertiary/aromatic N) is 3. The van der Waals surface area contributed by atoms with Gasteiger partial charge in [0.2, 0.25) is 5.91 Å². The third kappa shape index (κ3) is 3.72. The first-order chi connectivity index (χ1) is 10.3. The molecule has 0 unspecified atom stereocenters. The Hall–Kier alpha value is -2.10. The Bertz CT molecular complexity index is 557. The molecular weight excluding hydrogens is 262 g/mol. The number of rotatable bonds is 4. The van der Waals surface area contributed by atoms with Crippen LogP contribution in [0.2, 0.25) is 0 Å². The van der Waals surface area contributed by atoms with Crippen molar-refractivity contribution in [1.29, 1.82) is 0 Å². The van der Waals surface area contributed by atoms with E-state index in [1.54, 1.807) is 10.9 Å². The van der Waals surface area contributed by atoms with Gasteiger partial charge in [-0.15, -0.1) is 0 Å². The summed E-state index contributed by atoms with van der Waals surface area (Å²) in [6, 6.07) is 12.5. The second kappa shape index (κ2) is 6.57. The van der Waals surface area contributed by atoms with Gasteiger partial charge in [0.15, 0.2) is 0 Å². The normalized spacial score (nSPS) is 16.1. The van der Waals surface area contributed by atoms with Crippen molar-refractivity contribution in [3.63, 3.8) is 0 Å². The topological polar surface area (TPSA) is 38.1 Å². The smallest absolute Gasteiger partial charge is 0.244 e. The molecular formula is C17H21N3O. The third-order valence-corrected chi connectivity index (χ3v) is 4.19. The molecule has 0 aliphatic carbocycles. The fraction of sp³-hybridized carbons (Fsp3) is 0.412. The van der Waals surface area contributed by atoms with Crippen LogP contribution in [0.4, 0.5) is 0 Å². The summed E-state index contributed by atoms with van der Waals surface area (Å²) in [4.78, 5) is 14.2. The van der Waals surface area contributed by atoms with E-state index in [0.29, 0.717) is 12.5 Å². The molecule has 0 saturated carbocycles. The van der Waals surface area contributed by atoms with E-state index >= 15 is 0 Å². The minimum atomic E-state index is 0.178.